The van der Waals surface area contributed by atoms with Crippen LogP contribution in [0.3, 0.4) is 0 Å². The molecule has 0 aliphatic heterocycles. The maximum absolute atomic E-state index is 12.3. The number of nitrogens with one attached hydrogen (secondary N) is 1. The summed E-state index contributed by atoms with van der Waals surface area (Å²) in [6.07, 6.45) is 77.8. The summed E-state index contributed by atoms with van der Waals surface area (Å²) >= 11 is 0. The highest BCUT2D eigenvalue weighted by Gasteiger charge is 2.17. The Bertz CT molecular complexity index is 1210. The molecule has 0 bridgehead atoms. The molecule has 340 valence electrons. The predicted octanol–water partition coefficient (Wildman–Crippen LogP) is 16.1. The fourth-order valence-electron chi connectivity index (χ4n) is 6.70. The molecule has 1 amide bonds. The number of aliphatic hydroxyl groups is 2. The largest absolute Gasteiger partial charge is 0.394 e. The monoisotopic (exact) mass is 828 g/mol. The SMILES string of the molecule is CC/C=C\C/C=C\C/C=C\C/C=C\C/C=C\C/C=C\C/C=C\C/C=C\C/C=C\CCCCCCCCCCCCCCCC(=O)NC(CO)C(O)/C=C/CCCCCCC. The number of allylic oxidation sites excluding steroid dienone is 19. The molecular weight excluding hydrogens is 735 g/mol. The fourth-order valence-corrected chi connectivity index (χ4v) is 6.70. The van der Waals surface area contributed by atoms with Crippen LogP contribution in [0.15, 0.2) is 122 Å². The molecule has 4 heteroatoms. The van der Waals surface area contributed by atoms with Crippen molar-refractivity contribution in [1.82, 2.24) is 5.32 Å². The van der Waals surface area contributed by atoms with Gasteiger partial charge in [0.1, 0.15) is 0 Å². The maximum Gasteiger partial charge on any atom is 0.220 e. The summed E-state index contributed by atoms with van der Waals surface area (Å²) in [6, 6.07) is -0.626. The molecule has 0 fully saturated rings. The van der Waals surface area contributed by atoms with Crippen LogP contribution in [0.25, 0.3) is 0 Å². The Morgan fingerprint density at radius 3 is 1.10 bits per heavy atom. The van der Waals surface area contributed by atoms with Crippen LogP contribution >= 0.6 is 0 Å². The molecule has 0 aliphatic carbocycles. The summed E-state index contributed by atoms with van der Waals surface area (Å²) in [7, 11) is 0. The zero-order valence-corrected chi connectivity index (χ0v) is 38.9. The Balaban J connectivity index is 3.55. The lowest BCUT2D eigenvalue weighted by Gasteiger charge is -2.20. The van der Waals surface area contributed by atoms with E-state index >= 15 is 0 Å². The van der Waals surface area contributed by atoms with Crippen molar-refractivity contribution >= 4 is 5.91 Å². The number of amides is 1. The molecule has 3 N–H and O–H groups in total. The lowest BCUT2D eigenvalue weighted by molar-refractivity contribution is -0.123. The third-order valence-corrected chi connectivity index (χ3v) is 10.5. The standard InChI is InChI=1S/C56H93NO3/c1-3-5-7-9-11-12-13-14-15-16-17-18-19-20-21-22-23-24-25-26-27-28-29-30-31-32-33-34-35-36-37-38-39-40-41-42-43-44-46-48-50-52-56(60)57-54(53-58)55(59)51-49-47-45-10-8-6-4-2/h5,7,11-12,14-15,17-18,20-21,23-24,26-27,29-30,32-33,49,51,54-55,58-59H,3-4,6,8-10,13,16,19,22,25,28,31,34-48,50,52-53H2,1-2H3,(H,57,60)/b7-5-,12-11-,15-14-,18-17-,21-20-,24-23-,27-26-,30-29-,33-32-,51-49+. The van der Waals surface area contributed by atoms with E-state index in [1.807, 2.05) is 6.08 Å². The highest BCUT2D eigenvalue weighted by molar-refractivity contribution is 5.76. The topological polar surface area (TPSA) is 69.6 Å². The summed E-state index contributed by atoms with van der Waals surface area (Å²) in [4.78, 5) is 12.3. The molecule has 0 radical (unpaired) electrons. The van der Waals surface area contributed by atoms with Crippen molar-refractivity contribution in [3.63, 3.8) is 0 Å². The second kappa shape index (κ2) is 50.1. The molecule has 0 aliphatic rings. The minimum atomic E-state index is -0.842. The van der Waals surface area contributed by atoms with Gasteiger partial charge in [-0.05, 0) is 89.9 Å². The van der Waals surface area contributed by atoms with Crippen LogP contribution in [0.5, 0.6) is 0 Å². The van der Waals surface area contributed by atoms with Gasteiger partial charge < -0.3 is 15.5 Å². The molecule has 0 aromatic carbocycles. The van der Waals surface area contributed by atoms with Crippen molar-refractivity contribution in [2.24, 2.45) is 0 Å². The van der Waals surface area contributed by atoms with E-state index in [4.69, 9.17) is 0 Å². The Hall–Kier alpha value is -3.21. The number of hydrogen-bond donors (Lipinski definition) is 3. The van der Waals surface area contributed by atoms with E-state index in [0.717, 1.165) is 83.5 Å². The van der Waals surface area contributed by atoms with Crippen LogP contribution in [0.1, 0.15) is 206 Å². The second-order valence-electron chi connectivity index (χ2n) is 16.1. The number of aliphatic hydroxyl groups excluding tert-OH is 2. The molecule has 0 spiro atoms. The van der Waals surface area contributed by atoms with E-state index < -0.39 is 12.1 Å². The van der Waals surface area contributed by atoms with Crippen molar-refractivity contribution < 1.29 is 15.0 Å². The zero-order valence-electron chi connectivity index (χ0n) is 38.9. The van der Waals surface area contributed by atoms with E-state index in [2.05, 4.69) is 129 Å². The molecule has 0 heterocycles. The number of carbonyl (C=O) groups excluding carboxylic acids is 1. The molecule has 0 aromatic rings. The van der Waals surface area contributed by atoms with Gasteiger partial charge in [0.25, 0.3) is 0 Å². The van der Waals surface area contributed by atoms with E-state index in [9.17, 15) is 15.0 Å². The van der Waals surface area contributed by atoms with Crippen LogP contribution < -0.4 is 5.32 Å². The average Bonchev–Trinajstić information content (AvgIpc) is 3.25. The molecule has 0 aromatic heterocycles. The van der Waals surface area contributed by atoms with Gasteiger partial charge in [-0.1, -0.05) is 232 Å². The minimum absolute atomic E-state index is 0.0752. The average molecular weight is 828 g/mol. The Morgan fingerprint density at radius 2 is 0.733 bits per heavy atom. The van der Waals surface area contributed by atoms with Gasteiger partial charge in [-0.2, -0.15) is 0 Å². The first kappa shape index (κ1) is 56.8. The number of unbranched alkanes of at least 4 members (excludes halogenated alkanes) is 18. The lowest BCUT2D eigenvalue weighted by atomic mass is 10.0. The lowest BCUT2D eigenvalue weighted by Crippen LogP contribution is -2.45. The van der Waals surface area contributed by atoms with Gasteiger partial charge in [-0.25, -0.2) is 0 Å². The van der Waals surface area contributed by atoms with Gasteiger partial charge >= 0.3 is 0 Å². The van der Waals surface area contributed by atoms with Gasteiger partial charge in [0.05, 0.1) is 18.8 Å². The van der Waals surface area contributed by atoms with Crippen LogP contribution in [-0.4, -0.2) is 34.9 Å². The molecule has 2 unspecified atom stereocenters. The van der Waals surface area contributed by atoms with Gasteiger partial charge in [0, 0.05) is 6.42 Å². The van der Waals surface area contributed by atoms with Crippen LogP contribution in [0.2, 0.25) is 0 Å². The van der Waals surface area contributed by atoms with Crippen molar-refractivity contribution in [2.75, 3.05) is 6.61 Å². The van der Waals surface area contributed by atoms with Crippen molar-refractivity contribution in [1.29, 1.82) is 0 Å². The molecule has 4 nitrogen and oxygen atoms in total. The summed E-state index contributed by atoms with van der Waals surface area (Å²) < 4.78 is 0. The summed E-state index contributed by atoms with van der Waals surface area (Å²) in [5.74, 6) is -0.0752. The highest BCUT2D eigenvalue weighted by atomic mass is 16.3. The normalized spacial score (nSPS) is 14.0. The molecular formula is C56H93NO3. The molecule has 2 atom stereocenters. The predicted molar refractivity (Wildman–Crippen MR) is 266 cm³/mol. The summed E-state index contributed by atoms with van der Waals surface area (Å²) in [6.45, 7) is 4.12. The first-order chi connectivity index (χ1) is 29.7. The Kier molecular flexibility index (Phi) is 47.5. The van der Waals surface area contributed by atoms with Gasteiger partial charge in [0.15, 0.2) is 0 Å². The molecule has 0 rings (SSSR count). The highest BCUT2D eigenvalue weighted by Crippen LogP contribution is 2.14. The van der Waals surface area contributed by atoms with E-state index in [1.54, 1.807) is 6.08 Å². The zero-order chi connectivity index (χ0) is 43.5. The van der Waals surface area contributed by atoms with Crippen molar-refractivity contribution in [3.8, 4) is 0 Å². The van der Waals surface area contributed by atoms with Crippen molar-refractivity contribution in [2.45, 2.75) is 219 Å². The molecule has 0 saturated heterocycles. The first-order valence-corrected chi connectivity index (χ1v) is 24.7. The quantitative estimate of drug-likeness (QED) is 0.0424. The van der Waals surface area contributed by atoms with E-state index in [0.29, 0.717) is 6.42 Å². The number of carbonyl (C=O) groups is 1. The van der Waals surface area contributed by atoms with Crippen LogP contribution in [-0.2, 0) is 4.79 Å². The minimum Gasteiger partial charge on any atom is -0.394 e. The summed E-state index contributed by atoms with van der Waals surface area (Å²) in [5, 5.41) is 22.8. The van der Waals surface area contributed by atoms with Crippen LogP contribution in [0, 0.1) is 0 Å². The Labute approximate surface area is 371 Å². The third-order valence-electron chi connectivity index (χ3n) is 10.5. The van der Waals surface area contributed by atoms with Gasteiger partial charge in [-0.15, -0.1) is 0 Å². The summed E-state index contributed by atoms with van der Waals surface area (Å²) in [5.41, 5.74) is 0. The van der Waals surface area contributed by atoms with Gasteiger partial charge in [0.2, 0.25) is 5.91 Å². The third kappa shape index (κ3) is 45.9. The second-order valence-corrected chi connectivity index (χ2v) is 16.1. The molecule has 60 heavy (non-hydrogen) atoms. The van der Waals surface area contributed by atoms with E-state index in [-0.39, 0.29) is 12.5 Å². The van der Waals surface area contributed by atoms with Crippen molar-refractivity contribution in [3.05, 3.63) is 122 Å². The number of rotatable bonds is 43. The van der Waals surface area contributed by atoms with Gasteiger partial charge in [-0.3, -0.25) is 4.79 Å². The maximum atomic E-state index is 12.3. The van der Waals surface area contributed by atoms with Crippen LogP contribution in [0.4, 0.5) is 0 Å². The fraction of sp³-hybridized carbons (Fsp3) is 0.625. The van der Waals surface area contributed by atoms with E-state index in [1.165, 1.54) is 103 Å². The number of hydrogen-bond acceptors (Lipinski definition) is 3. The first-order valence-electron chi connectivity index (χ1n) is 24.7. The Morgan fingerprint density at radius 1 is 0.417 bits per heavy atom. The molecule has 0 saturated carbocycles. The smallest absolute Gasteiger partial charge is 0.220 e.